The molecule has 162 valence electrons. The number of carbonyl (C=O) groups excluding carboxylic acids is 1. The average Bonchev–Trinajstić information content (AvgIpc) is 2.70. The maximum atomic E-state index is 12.6. The molecule has 1 aliphatic rings. The highest BCUT2D eigenvalue weighted by molar-refractivity contribution is 5.79. The van der Waals surface area contributed by atoms with Crippen LogP contribution in [-0.2, 0) is 4.74 Å². The topological polar surface area (TPSA) is 86.2 Å². The molecule has 0 aliphatic carbocycles. The molecule has 1 aromatic carbocycles. The molecule has 0 saturated carbocycles. The van der Waals surface area contributed by atoms with E-state index in [1.54, 1.807) is 7.05 Å². The summed E-state index contributed by atoms with van der Waals surface area (Å²) in [5.41, 5.74) is 0.585. The number of guanidine groups is 1. The summed E-state index contributed by atoms with van der Waals surface area (Å²) in [7, 11) is 1.72. The molecule has 0 spiro atoms. The molecule has 0 bridgehead atoms. The van der Waals surface area contributed by atoms with Gasteiger partial charge in [-0.25, -0.2) is 4.79 Å². The van der Waals surface area contributed by atoms with Crippen LogP contribution in [0.1, 0.15) is 51.5 Å². The molecule has 2 atom stereocenters. The predicted octanol–water partition coefficient (Wildman–Crippen LogP) is 2.72. The lowest BCUT2D eigenvalue weighted by Crippen LogP contribution is -2.52. The number of aliphatic imine (C=N–C) groups is 1. The van der Waals surface area contributed by atoms with E-state index < -0.39 is 5.60 Å². The van der Waals surface area contributed by atoms with Crippen LogP contribution in [0.15, 0.2) is 35.3 Å². The number of aliphatic hydroxyl groups is 1. The zero-order valence-corrected chi connectivity index (χ0v) is 18.1. The number of piperidine rings is 1. The fourth-order valence-corrected chi connectivity index (χ4v) is 3.44. The highest BCUT2D eigenvalue weighted by Crippen LogP contribution is 2.20. The van der Waals surface area contributed by atoms with Crippen LogP contribution in [-0.4, -0.2) is 67.0 Å². The largest absolute Gasteiger partial charge is 0.444 e. The molecule has 1 fully saturated rings. The van der Waals surface area contributed by atoms with E-state index in [9.17, 15) is 9.90 Å². The lowest BCUT2D eigenvalue weighted by atomic mass is 10.0. The Morgan fingerprint density at radius 3 is 2.62 bits per heavy atom. The third-order valence-electron chi connectivity index (χ3n) is 4.99. The minimum Gasteiger partial charge on any atom is -0.444 e. The van der Waals surface area contributed by atoms with Crippen molar-refractivity contribution in [3.05, 3.63) is 35.9 Å². The van der Waals surface area contributed by atoms with E-state index in [4.69, 9.17) is 4.74 Å². The minimum atomic E-state index is -0.499. The number of likely N-dealkylation sites (tertiary alicyclic amines) is 1. The quantitative estimate of drug-likeness (QED) is 0.501. The maximum absolute atomic E-state index is 12.6. The minimum absolute atomic E-state index is 0.0114. The lowest BCUT2D eigenvalue weighted by molar-refractivity contribution is 0.0104. The first-order chi connectivity index (χ1) is 13.8. The molecule has 1 amide bonds. The number of rotatable bonds is 6. The third kappa shape index (κ3) is 7.57. The van der Waals surface area contributed by atoms with E-state index in [1.807, 2.05) is 56.0 Å². The molecular weight excluding hydrogens is 368 g/mol. The van der Waals surface area contributed by atoms with E-state index in [0.29, 0.717) is 25.6 Å². The lowest BCUT2D eigenvalue weighted by Gasteiger charge is -2.37. The van der Waals surface area contributed by atoms with Crippen LogP contribution < -0.4 is 10.6 Å². The van der Waals surface area contributed by atoms with Gasteiger partial charge in [0.2, 0.25) is 0 Å². The molecule has 29 heavy (non-hydrogen) atoms. The van der Waals surface area contributed by atoms with E-state index in [2.05, 4.69) is 15.6 Å². The van der Waals surface area contributed by atoms with Crippen LogP contribution in [0.3, 0.4) is 0 Å². The molecule has 0 aromatic heterocycles. The summed E-state index contributed by atoms with van der Waals surface area (Å²) < 4.78 is 5.57. The SMILES string of the molecule is CN=C(NCC(CO)c1ccccc1)NCC1CCCCN1C(=O)OC(C)(C)C. The molecule has 2 unspecified atom stereocenters. The number of benzene rings is 1. The Morgan fingerprint density at radius 2 is 2.00 bits per heavy atom. The van der Waals surface area contributed by atoms with E-state index >= 15 is 0 Å². The summed E-state index contributed by atoms with van der Waals surface area (Å²) >= 11 is 0. The summed E-state index contributed by atoms with van der Waals surface area (Å²) in [6.07, 6.45) is 2.78. The number of carbonyl (C=O) groups is 1. The van der Waals surface area contributed by atoms with Gasteiger partial charge in [-0.2, -0.15) is 0 Å². The molecule has 1 heterocycles. The zero-order chi connectivity index (χ0) is 21.3. The molecule has 0 radical (unpaired) electrons. The number of aliphatic hydroxyl groups excluding tert-OH is 1. The maximum Gasteiger partial charge on any atom is 0.410 e. The molecule has 1 saturated heterocycles. The Morgan fingerprint density at radius 1 is 1.28 bits per heavy atom. The van der Waals surface area contributed by atoms with Gasteiger partial charge >= 0.3 is 6.09 Å². The van der Waals surface area contributed by atoms with Crippen molar-refractivity contribution in [2.45, 2.75) is 57.6 Å². The Labute approximate surface area is 174 Å². The molecule has 7 heteroatoms. The Bertz CT molecular complexity index is 658. The fourth-order valence-electron chi connectivity index (χ4n) is 3.44. The van der Waals surface area contributed by atoms with Crippen molar-refractivity contribution >= 4 is 12.1 Å². The summed E-state index contributed by atoms with van der Waals surface area (Å²) in [6, 6.07) is 10.0. The van der Waals surface area contributed by atoms with E-state index in [1.165, 1.54) is 0 Å². The van der Waals surface area contributed by atoms with Gasteiger partial charge in [0.05, 0.1) is 12.6 Å². The number of ether oxygens (including phenoxy) is 1. The number of nitrogens with one attached hydrogen (secondary N) is 2. The van der Waals surface area contributed by atoms with Crippen LogP contribution in [0.4, 0.5) is 4.79 Å². The highest BCUT2D eigenvalue weighted by atomic mass is 16.6. The molecule has 7 nitrogen and oxygen atoms in total. The molecular formula is C22H36N4O3. The standard InChI is InChI=1S/C22H36N4O3/c1-22(2,3)29-21(28)26-13-9-8-12-19(26)15-25-20(23-4)24-14-18(16-27)17-10-6-5-7-11-17/h5-7,10-11,18-19,27H,8-9,12-16H2,1-4H3,(H2,23,24,25). The van der Waals surface area contributed by atoms with Crippen molar-refractivity contribution in [2.24, 2.45) is 4.99 Å². The van der Waals surface area contributed by atoms with Crippen LogP contribution >= 0.6 is 0 Å². The second kappa shape index (κ2) is 11.0. The van der Waals surface area contributed by atoms with Crippen molar-refractivity contribution in [1.82, 2.24) is 15.5 Å². The monoisotopic (exact) mass is 404 g/mol. The zero-order valence-electron chi connectivity index (χ0n) is 18.1. The Hall–Kier alpha value is -2.28. The van der Waals surface area contributed by atoms with Crippen molar-refractivity contribution in [3.8, 4) is 0 Å². The Balaban J connectivity index is 1.89. The predicted molar refractivity (Wildman–Crippen MR) is 116 cm³/mol. The molecule has 1 aliphatic heterocycles. The highest BCUT2D eigenvalue weighted by Gasteiger charge is 2.30. The normalized spacial score (nSPS) is 18.9. The van der Waals surface area contributed by atoms with Gasteiger partial charge in [-0.1, -0.05) is 30.3 Å². The summed E-state index contributed by atoms with van der Waals surface area (Å²) in [5.74, 6) is 0.650. The van der Waals surface area contributed by atoms with Crippen LogP contribution in [0.25, 0.3) is 0 Å². The second-order valence-electron chi connectivity index (χ2n) is 8.45. The van der Waals surface area contributed by atoms with Gasteiger partial charge in [0, 0.05) is 32.6 Å². The Kier molecular flexibility index (Phi) is 8.76. The summed E-state index contributed by atoms with van der Waals surface area (Å²) in [6.45, 7) is 7.61. The number of amides is 1. The number of hydrogen-bond donors (Lipinski definition) is 3. The van der Waals surface area contributed by atoms with Crippen molar-refractivity contribution in [3.63, 3.8) is 0 Å². The van der Waals surface area contributed by atoms with E-state index in [-0.39, 0.29) is 24.7 Å². The van der Waals surface area contributed by atoms with Gasteiger partial charge in [-0.05, 0) is 45.6 Å². The third-order valence-corrected chi connectivity index (χ3v) is 4.99. The first-order valence-electron chi connectivity index (χ1n) is 10.4. The van der Waals surface area contributed by atoms with Crippen LogP contribution in [0.2, 0.25) is 0 Å². The van der Waals surface area contributed by atoms with Crippen molar-refractivity contribution < 1.29 is 14.6 Å². The summed E-state index contributed by atoms with van der Waals surface area (Å²) in [4.78, 5) is 18.7. The molecule has 2 rings (SSSR count). The van der Waals surface area contributed by atoms with Gasteiger partial charge in [-0.15, -0.1) is 0 Å². The average molecular weight is 405 g/mol. The first kappa shape index (κ1) is 23.0. The van der Waals surface area contributed by atoms with Gasteiger partial charge in [0.25, 0.3) is 0 Å². The smallest absolute Gasteiger partial charge is 0.410 e. The van der Waals surface area contributed by atoms with Crippen LogP contribution in [0, 0.1) is 0 Å². The second-order valence-corrected chi connectivity index (χ2v) is 8.45. The summed E-state index contributed by atoms with van der Waals surface area (Å²) in [5, 5.41) is 16.3. The van der Waals surface area contributed by atoms with Gasteiger partial charge in [0.1, 0.15) is 5.60 Å². The van der Waals surface area contributed by atoms with Gasteiger partial charge < -0.3 is 25.4 Å². The molecule has 3 N–H and O–H groups in total. The van der Waals surface area contributed by atoms with Crippen molar-refractivity contribution in [2.75, 3.05) is 33.3 Å². The number of nitrogens with zero attached hydrogens (tertiary/aromatic N) is 2. The van der Waals surface area contributed by atoms with Crippen LogP contribution in [0.5, 0.6) is 0 Å². The molecule has 1 aromatic rings. The van der Waals surface area contributed by atoms with Crippen molar-refractivity contribution in [1.29, 1.82) is 0 Å². The van der Waals surface area contributed by atoms with E-state index in [0.717, 1.165) is 24.8 Å². The fraction of sp³-hybridized carbons (Fsp3) is 0.636. The van der Waals surface area contributed by atoms with Gasteiger partial charge in [0.15, 0.2) is 5.96 Å². The van der Waals surface area contributed by atoms with Gasteiger partial charge in [-0.3, -0.25) is 4.99 Å². The number of hydrogen-bond acceptors (Lipinski definition) is 4. The first-order valence-corrected chi connectivity index (χ1v) is 10.4.